The maximum absolute atomic E-state index is 11.4. The molecule has 0 radical (unpaired) electrons. The monoisotopic (exact) mass is 240 g/mol. The summed E-state index contributed by atoms with van der Waals surface area (Å²) in [5.74, 6) is 2.55. The molecule has 78 valence electrons. The Hall–Kier alpha value is -0.970. The van der Waals surface area contributed by atoms with Crippen molar-refractivity contribution in [2.24, 2.45) is 0 Å². The number of terminal acetylenes is 1. The van der Waals surface area contributed by atoms with Crippen LogP contribution in [-0.2, 0) is 11.2 Å². The largest absolute Gasteiger partial charge is 0.299 e. The quantitative estimate of drug-likeness (QED) is 0.737. The average Bonchev–Trinajstić information content (AvgIpc) is 2.20. The van der Waals surface area contributed by atoms with Crippen molar-refractivity contribution >= 4 is 29.0 Å². The minimum Gasteiger partial charge on any atom is -0.299 e. The molecule has 0 atom stereocenters. The van der Waals surface area contributed by atoms with Crippen LogP contribution in [0.4, 0.5) is 0 Å². The number of ketones is 1. The number of hydrogen-bond acceptors (Lipinski definition) is 1. The van der Waals surface area contributed by atoms with Gasteiger partial charge in [-0.3, -0.25) is 4.79 Å². The van der Waals surface area contributed by atoms with Gasteiger partial charge in [-0.2, -0.15) is 0 Å². The number of rotatable bonds is 4. The molecule has 0 saturated heterocycles. The van der Waals surface area contributed by atoms with Crippen LogP contribution < -0.4 is 0 Å². The van der Waals surface area contributed by atoms with Gasteiger partial charge in [0.15, 0.2) is 0 Å². The molecule has 0 aromatic heterocycles. The van der Waals surface area contributed by atoms with Crippen molar-refractivity contribution in [3.63, 3.8) is 0 Å². The fourth-order valence-corrected chi connectivity index (χ4v) is 1.50. The maximum atomic E-state index is 11.4. The normalized spacial score (nSPS) is 9.67. The molecule has 3 heteroatoms. The standard InChI is InChI=1S/C12H10Cl2O/c1-2-3-4-10(15)7-9-5-6-11(13)12(14)8-9/h1,5-6,8H,3-4,7H2. The van der Waals surface area contributed by atoms with Gasteiger partial charge in [-0.1, -0.05) is 29.3 Å². The van der Waals surface area contributed by atoms with Crippen molar-refractivity contribution in [1.29, 1.82) is 0 Å². The number of Topliss-reactive ketones (excluding diaryl/α,β-unsaturated/α-hetero) is 1. The van der Waals surface area contributed by atoms with Crippen LogP contribution in [0.25, 0.3) is 0 Å². The van der Waals surface area contributed by atoms with Gasteiger partial charge >= 0.3 is 0 Å². The molecule has 15 heavy (non-hydrogen) atoms. The van der Waals surface area contributed by atoms with Crippen molar-refractivity contribution in [2.75, 3.05) is 0 Å². The number of carbonyl (C=O) groups excluding carboxylic acids is 1. The fraction of sp³-hybridized carbons (Fsp3) is 0.250. The molecule has 1 nitrogen and oxygen atoms in total. The van der Waals surface area contributed by atoms with Gasteiger partial charge in [0.25, 0.3) is 0 Å². The van der Waals surface area contributed by atoms with E-state index in [2.05, 4.69) is 5.92 Å². The van der Waals surface area contributed by atoms with Crippen LogP contribution in [0.2, 0.25) is 10.0 Å². The SMILES string of the molecule is C#CCCC(=O)Cc1ccc(Cl)c(Cl)c1. The van der Waals surface area contributed by atoms with E-state index in [9.17, 15) is 4.79 Å². The molecule has 0 aliphatic carbocycles. The second kappa shape index (κ2) is 5.80. The first-order valence-electron chi connectivity index (χ1n) is 4.52. The van der Waals surface area contributed by atoms with Crippen molar-refractivity contribution in [2.45, 2.75) is 19.3 Å². The van der Waals surface area contributed by atoms with E-state index in [-0.39, 0.29) is 5.78 Å². The Balaban J connectivity index is 2.62. The molecule has 0 bridgehead atoms. The van der Waals surface area contributed by atoms with Gasteiger partial charge in [0.2, 0.25) is 0 Å². The third-order valence-corrected chi connectivity index (χ3v) is 2.67. The van der Waals surface area contributed by atoms with Gasteiger partial charge in [-0.05, 0) is 17.7 Å². The van der Waals surface area contributed by atoms with E-state index in [0.29, 0.717) is 29.3 Å². The van der Waals surface area contributed by atoms with E-state index in [1.165, 1.54) is 0 Å². The number of carbonyl (C=O) groups is 1. The van der Waals surface area contributed by atoms with E-state index in [1.807, 2.05) is 0 Å². The highest BCUT2D eigenvalue weighted by Gasteiger charge is 2.05. The molecule has 0 aliphatic rings. The third kappa shape index (κ3) is 3.95. The van der Waals surface area contributed by atoms with Crippen LogP contribution in [0.5, 0.6) is 0 Å². The molecule has 0 N–H and O–H groups in total. The topological polar surface area (TPSA) is 17.1 Å². The molecule has 0 aliphatic heterocycles. The van der Waals surface area contributed by atoms with Crippen LogP contribution in [0.15, 0.2) is 18.2 Å². The third-order valence-electron chi connectivity index (χ3n) is 1.93. The van der Waals surface area contributed by atoms with Gasteiger partial charge in [-0.15, -0.1) is 12.3 Å². The molecule has 1 aromatic rings. The highest BCUT2D eigenvalue weighted by atomic mass is 35.5. The minimum atomic E-state index is 0.117. The summed E-state index contributed by atoms with van der Waals surface area (Å²) in [4.78, 5) is 11.4. The zero-order valence-corrected chi connectivity index (χ0v) is 9.61. The lowest BCUT2D eigenvalue weighted by molar-refractivity contribution is -0.118. The molecule has 0 heterocycles. The van der Waals surface area contributed by atoms with E-state index >= 15 is 0 Å². The van der Waals surface area contributed by atoms with E-state index in [1.54, 1.807) is 18.2 Å². The Bertz CT molecular complexity index is 405. The number of benzene rings is 1. The summed E-state index contributed by atoms with van der Waals surface area (Å²) in [5, 5.41) is 0.968. The molecule has 0 amide bonds. The summed E-state index contributed by atoms with van der Waals surface area (Å²) in [6.45, 7) is 0. The lowest BCUT2D eigenvalue weighted by Gasteiger charge is -2.01. The molecule has 0 spiro atoms. The van der Waals surface area contributed by atoms with Gasteiger partial charge in [0, 0.05) is 19.3 Å². The molecular weight excluding hydrogens is 231 g/mol. The van der Waals surface area contributed by atoms with Crippen molar-refractivity contribution in [3.05, 3.63) is 33.8 Å². The summed E-state index contributed by atoms with van der Waals surface area (Å²) >= 11 is 11.6. The number of hydrogen-bond donors (Lipinski definition) is 0. The minimum absolute atomic E-state index is 0.117. The molecular formula is C12H10Cl2O. The summed E-state index contributed by atoms with van der Waals surface area (Å²) < 4.78 is 0. The Kier molecular flexibility index (Phi) is 4.68. The molecule has 0 saturated carbocycles. The Morgan fingerprint density at radius 2 is 2.07 bits per heavy atom. The average molecular weight is 241 g/mol. The summed E-state index contributed by atoms with van der Waals surface area (Å²) in [5.41, 5.74) is 0.867. The van der Waals surface area contributed by atoms with Crippen LogP contribution in [0, 0.1) is 12.3 Å². The lowest BCUT2D eigenvalue weighted by Crippen LogP contribution is -2.01. The number of halogens is 2. The van der Waals surface area contributed by atoms with Gasteiger partial charge in [0.1, 0.15) is 5.78 Å². The Morgan fingerprint density at radius 1 is 1.33 bits per heavy atom. The predicted molar refractivity (Wildman–Crippen MR) is 63.2 cm³/mol. The highest BCUT2D eigenvalue weighted by Crippen LogP contribution is 2.22. The van der Waals surface area contributed by atoms with E-state index in [0.717, 1.165) is 5.56 Å². The van der Waals surface area contributed by atoms with Crippen molar-refractivity contribution < 1.29 is 4.79 Å². The van der Waals surface area contributed by atoms with E-state index in [4.69, 9.17) is 29.6 Å². The van der Waals surface area contributed by atoms with Crippen molar-refractivity contribution in [3.8, 4) is 12.3 Å². The fourth-order valence-electron chi connectivity index (χ4n) is 1.18. The molecule has 0 unspecified atom stereocenters. The first-order valence-corrected chi connectivity index (χ1v) is 5.28. The van der Waals surface area contributed by atoms with Crippen LogP contribution in [0.1, 0.15) is 18.4 Å². The predicted octanol–water partition coefficient (Wildman–Crippen LogP) is 3.52. The Morgan fingerprint density at radius 3 is 2.67 bits per heavy atom. The summed E-state index contributed by atoms with van der Waals surface area (Å²) in [6, 6.07) is 5.19. The Labute approximate surface area is 99.4 Å². The van der Waals surface area contributed by atoms with Gasteiger partial charge < -0.3 is 0 Å². The zero-order chi connectivity index (χ0) is 11.3. The molecule has 0 fully saturated rings. The molecule has 1 rings (SSSR count). The van der Waals surface area contributed by atoms with Crippen LogP contribution in [0.3, 0.4) is 0 Å². The first-order chi connectivity index (χ1) is 7.13. The van der Waals surface area contributed by atoms with Gasteiger partial charge in [-0.25, -0.2) is 0 Å². The highest BCUT2D eigenvalue weighted by molar-refractivity contribution is 6.42. The maximum Gasteiger partial charge on any atom is 0.138 e. The smallest absolute Gasteiger partial charge is 0.138 e. The lowest BCUT2D eigenvalue weighted by atomic mass is 10.1. The van der Waals surface area contributed by atoms with Crippen LogP contribution in [-0.4, -0.2) is 5.78 Å². The first kappa shape index (κ1) is 12.1. The molecule has 1 aromatic carbocycles. The second-order valence-corrected chi connectivity index (χ2v) is 3.98. The second-order valence-electron chi connectivity index (χ2n) is 3.17. The summed E-state index contributed by atoms with van der Waals surface area (Å²) in [7, 11) is 0. The van der Waals surface area contributed by atoms with E-state index < -0.39 is 0 Å². The van der Waals surface area contributed by atoms with Crippen molar-refractivity contribution in [1.82, 2.24) is 0 Å². The van der Waals surface area contributed by atoms with Crippen LogP contribution >= 0.6 is 23.2 Å². The van der Waals surface area contributed by atoms with Gasteiger partial charge in [0.05, 0.1) is 10.0 Å². The zero-order valence-electron chi connectivity index (χ0n) is 8.09. The summed E-state index contributed by atoms with van der Waals surface area (Å²) in [6.07, 6.45) is 6.33.